The van der Waals surface area contributed by atoms with Gasteiger partial charge in [-0.25, -0.2) is 9.97 Å². The Morgan fingerprint density at radius 1 is 1.24 bits per heavy atom. The molecule has 0 fully saturated rings. The minimum absolute atomic E-state index is 0.215. The van der Waals surface area contributed by atoms with Crippen molar-refractivity contribution in [3.8, 4) is 0 Å². The van der Waals surface area contributed by atoms with E-state index in [9.17, 15) is 0 Å². The van der Waals surface area contributed by atoms with Crippen LogP contribution in [0.1, 0.15) is 12.6 Å². The molecule has 1 N–H and O–H groups in total. The van der Waals surface area contributed by atoms with Crippen LogP contribution in [0, 0.1) is 12.8 Å². The van der Waals surface area contributed by atoms with Gasteiger partial charge in [-0.3, -0.25) is 0 Å². The minimum atomic E-state index is 0.215. The molecule has 2 aromatic rings. The van der Waals surface area contributed by atoms with Gasteiger partial charge in [0.1, 0.15) is 5.03 Å². The first-order valence-electron chi connectivity index (χ1n) is 5.67. The van der Waals surface area contributed by atoms with Crippen LogP contribution in [0.3, 0.4) is 0 Å². The first-order chi connectivity index (χ1) is 8.20. The van der Waals surface area contributed by atoms with E-state index in [-0.39, 0.29) is 12.5 Å². The van der Waals surface area contributed by atoms with E-state index in [4.69, 9.17) is 5.11 Å². The number of hydrogen-bond donors (Lipinski definition) is 1. The largest absolute Gasteiger partial charge is 0.396 e. The fraction of sp³-hybridized carbons (Fsp3) is 0.385. The molecule has 0 amide bonds. The second-order valence-corrected chi connectivity index (χ2v) is 5.21. The average molecular weight is 248 g/mol. The van der Waals surface area contributed by atoms with Gasteiger partial charge in [-0.05, 0) is 25.0 Å². The van der Waals surface area contributed by atoms with Gasteiger partial charge in [-0.15, -0.1) is 11.8 Å². The summed E-state index contributed by atoms with van der Waals surface area (Å²) in [5, 5.41) is 9.97. The van der Waals surface area contributed by atoms with Gasteiger partial charge in [0.25, 0.3) is 0 Å². The Balaban J connectivity index is 2.25. The van der Waals surface area contributed by atoms with Crippen LogP contribution in [0.5, 0.6) is 0 Å². The lowest BCUT2D eigenvalue weighted by molar-refractivity contribution is 0.250. The van der Waals surface area contributed by atoms with Crippen molar-refractivity contribution < 1.29 is 5.11 Å². The average Bonchev–Trinajstić information content (AvgIpc) is 2.35. The Bertz CT molecular complexity index is 516. The minimum Gasteiger partial charge on any atom is -0.396 e. The number of hydrogen-bond acceptors (Lipinski definition) is 4. The van der Waals surface area contributed by atoms with Crippen LogP contribution in [0.25, 0.3) is 11.0 Å². The van der Waals surface area contributed by atoms with Crippen LogP contribution in [0.4, 0.5) is 0 Å². The van der Waals surface area contributed by atoms with E-state index in [1.54, 1.807) is 11.8 Å². The third kappa shape index (κ3) is 2.96. The van der Waals surface area contributed by atoms with Crippen molar-refractivity contribution in [1.29, 1.82) is 0 Å². The number of aliphatic hydroxyl groups is 1. The Hall–Kier alpha value is -1.13. The van der Waals surface area contributed by atoms with Crippen LogP contribution < -0.4 is 0 Å². The second kappa shape index (κ2) is 5.47. The number of aromatic nitrogens is 2. The lowest BCUT2D eigenvalue weighted by atomic mass is 10.2. The lowest BCUT2D eigenvalue weighted by Crippen LogP contribution is -2.04. The van der Waals surface area contributed by atoms with E-state index in [1.165, 1.54) is 0 Å². The van der Waals surface area contributed by atoms with Gasteiger partial charge in [-0.2, -0.15) is 0 Å². The molecule has 1 aromatic heterocycles. The second-order valence-electron chi connectivity index (χ2n) is 4.20. The fourth-order valence-electron chi connectivity index (χ4n) is 1.48. The van der Waals surface area contributed by atoms with Gasteiger partial charge in [0.05, 0.1) is 16.7 Å². The maximum absolute atomic E-state index is 9.00. The number of benzene rings is 1. The highest BCUT2D eigenvalue weighted by molar-refractivity contribution is 7.99. The van der Waals surface area contributed by atoms with Crippen molar-refractivity contribution >= 4 is 22.8 Å². The van der Waals surface area contributed by atoms with Crippen molar-refractivity contribution in [3.63, 3.8) is 0 Å². The molecule has 0 spiro atoms. The summed E-state index contributed by atoms with van der Waals surface area (Å²) in [6, 6.07) is 7.88. The Morgan fingerprint density at radius 3 is 2.53 bits per heavy atom. The van der Waals surface area contributed by atoms with Gasteiger partial charge in [0.15, 0.2) is 0 Å². The molecular formula is C13H16N2OS. The quantitative estimate of drug-likeness (QED) is 0.845. The summed E-state index contributed by atoms with van der Waals surface area (Å²) >= 11 is 1.66. The first-order valence-corrected chi connectivity index (χ1v) is 6.66. The molecule has 3 nitrogen and oxygen atoms in total. The van der Waals surface area contributed by atoms with E-state index in [2.05, 4.69) is 9.97 Å². The fourth-order valence-corrected chi connectivity index (χ4v) is 2.45. The van der Waals surface area contributed by atoms with Gasteiger partial charge in [-0.1, -0.05) is 19.1 Å². The summed E-state index contributed by atoms with van der Waals surface area (Å²) in [4.78, 5) is 9.13. The Labute approximate surface area is 105 Å². The van der Waals surface area contributed by atoms with Crippen molar-refractivity contribution in [3.05, 3.63) is 30.0 Å². The molecule has 1 unspecified atom stereocenters. The molecule has 1 atom stereocenters. The van der Waals surface area contributed by atoms with Crippen LogP contribution in [-0.4, -0.2) is 27.4 Å². The molecule has 17 heavy (non-hydrogen) atoms. The molecular weight excluding hydrogens is 232 g/mol. The highest BCUT2D eigenvalue weighted by atomic mass is 32.2. The summed E-state index contributed by atoms with van der Waals surface area (Å²) in [5.41, 5.74) is 2.82. The summed E-state index contributed by atoms with van der Waals surface area (Å²) in [6.07, 6.45) is 0. The van der Waals surface area contributed by atoms with Gasteiger partial charge in [0, 0.05) is 12.4 Å². The molecule has 2 rings (SSSR count). The van der Waals surface area contributed by atoms with E-state index < -0.39 is 0 Å². The summed E-state index contributed by atoms with van der Waals surface area (Å²) < 4.78 is 0. The molecule has 0 radical (unpaired) electrons. The van der Waals surface area contributed by atoms with Gasteiger partial charge < -0.3 is 5.11 Å². The standard InChI is InChI=1S/C13H16N2OS/c1-9(7-16)8-17-13-10(2)14-11-5-3-4-6-12(11)15-13/h3-6,9,16H,7-8H2,1-2H3. The monoisotopic (exact) mass is 248 g/mol. The number of thioether (sulfide) groups is 1. The van der Waals surface area contributed by atoms with Crippen LogP contribution >= 0.6 is 11.8 Å². The van der Waals surface area contributed by atoms with Crippen molar-refractivity contribution in [2.75, 3.05) is 12.4 Å². The van der Waals surface area contributed by atoms with Gasteiger partial charge >= 0.3 is 0 Å². The SMILES string of the molecule is Cc1nc2ccccc2nc1SCC(C)CO. The molecule has 0 saturated carbocycles. The lowest BCUT2D eigenvalue weighted by Gasteiger charge is -2.09. The molecule has 0 aliphatic heterocycles. The zero-order valence-electron chi connectivity index (χ0n) is 10.1. The van der Waals surface area contributed by atoms with E-state index in [1.807, 2.05) is 38.1 Å². The number of para-hydroxylation sites is 2. The smallest absolute Gasteiger partial charge is 0.118 e. The predicted molar refractivity (Wildman–Crippen MR) is 71.2 cm³/mol. The number of rotatable bonds is 4. The van der Waals surface area contributed by atoms with Gasteiger partial charge in [0.2, 0.25) is 0 Å². The third-order valence-corrected chi connectivity index (χ3v) is 3.91. The molecule has 1 aromatic carbocycles. The highest BCUT2D eigenvalue weighted by Crippen LogP contribution is 2.23. The summed E-state index contributed by atoms with van der Waals surface area (Å²) in [5.74, 6) is 1.15. The molecule has 0 saturated heterocycles. The van der Waals surface area contributed by atoms with Crippen LogP contribution in [0.15, 0.2) is 29.3 Å². The maximum atomic E-state index is 9.00. The highest BCUT2D eigenvalue weighted by Gasteiger charge is 2.07. The zero-order valence-corrected chi connectivity index (χ0v) is 10.9. The van der Waals surface area contributed by atoms with Crippen molar-refractivity contribution in [2.24, 2.45) is 5.92 Å². The molecule has 0 aliphatic rings. The van der Waals surface area contributed by atoms with Crippen LogP contribution in [-0.2, 0) is 0 Å². The summed E-state index contributed by atoms with van der Waals surface area (Å²) in [7, 11) is 0. The number of aryl methyl sites for hydroxylation is 1. The van der Waals surface area contributed by atoms with E-state index in [0.29, 0.717) is 0 Å². The normalized spacial score (nSPS) is 12.9. The zero-order chi connectivity index (χ0) is 12.3. The molecule has 90 valence electrons. The Morgan fingerprint density at radius 2 is 1.88 bits per heavy atom. The van der Waals surface area contributed by atoms with Crippen molar-refractivity contribution in [1.82, 2.24) is 9.97 Å². The number of nitrogens with zero attached hydrogens (tertiary/aromatic N) is 2. The molecule has 4 heteroatoms. The van der Waals surface area contributed by atoms with Crippen molar-refractivity contribution in [2.45, 2.75) is 18.9 Å². The number of fused-ring (bicyclic) bond motifs is 1. The molecule has 0 bridgehead atoms. The first kappa shape index (κ1) is 12.3. The predicted octanol–water partition coefficient (Wildman–Crippen LogP) is 2.66. The third-order valence-electron chi connectivity index (χ3n) is 2.52. The number of aliphatic hydroxyl groups excluding tert-OH is 1. The van der Waals surface area contributed by atoms with E-state index >= 15 is 0 Å². The topological polar surface area (TPSA) is 46.0 Å². The summed E-state index contributed by atoms with van der Waals surface area (Å²) in [6.45, 7) is 4.22. The Kier molecular flexibility index (Phi) is 3.97. The van der Waals surface area contributed by atoms with Crippen LogP contribution in [0.2, 0.25) is 0 Å². The molecule has 1 heterocycles. The molecule has 0 aliphatic carbocycles. The maximum Gasteiger partial charge on any atom is 0.118 e. The van der Waals surface area contributed by atoms with E-state index in [0.717, 1.165) is 27.5 Å².